The molecule has 1 fully saturated rings. The number of carbonyl (C=O) groups is 1. The van der Waals surface area contributed by atoms with E-state index in [-0.39, 0.29) is 24.2 Å². The van der Waals surface area contributed by atoms with E-state index in [4.69, 9.17) is 0 Å². The average Bonchev–Trinajstić information content (AvgIpc) is 3.05. The third kappa shape index (κ3) is 3.12. The van der Waals surface area contributed by atoms with Crippen LogP contribution in [0.1, 0.15) is 35.0 Å². The van der Waals surface area contributed by atoms with E-state index in [1.165, 1.54) is 12.1 Å². The van der Waals surface area contributed by atoms with E-state index >= 15 is 0 Å². The highest BCUT2D eigenvalue weighted by atomic mass is 19.1. The Bertz CT molecular complexity index is 692. The van der Waals surface area contributed by atoms with Gasteiger partial charge in [0.1, 0.15) is 5.82 Å². The number of aliphatic hydroxyl groups is 1. The number of aliphatic hydroxyl groups excluding tert-OH is 1. The van der Waals surface area contributed by atoms with Crippen molar-refractivity contribution < 1.29 is 14.3 Å². The molecule has 1 aliphatic heterocycles. The molecule has 0 saturated carbocycles. The molecule has 0 unspecified atom stereocenters. The van der Waals surface area contributed by atoms with Gasteiger partial charge in [-0.1, -0.05) is 12.1 Å². The van der Waals surface area contributed by atoms with Crippen molar-refractivity contribution in [1.82, 2.24) is 15.1 Å². The van der Waals surface area contributed by atoms with Crippen LogP contribution < -0.4 is 0 Å². The molecule has 1 saturated heterocycles. The van der Waals surface area contributed by atoms with Crippen molar-refractivity contribution in [2.75, 3.05) is 6.54 Å². The molecule has 2 aromatic rings. The summed E-state index contributed by atoms with van der Waals surface area (Å²) in [5, 5.41) is 17.0. The van der Waals surface area contributed by atoms with E-state index < -0.39 is 6.10 Å². The summed E-state index contributed by atoms with van der Waals surface area (Å²) in [6.07, 6.45) is 0.166. The Hall–Kier alpha value is -2.21. The predicted octanol–water partition coefficient (Wildman–Crippen LogP) is 2.04. The highest BCUT2D eigenvalue weighted by molar-refractivity contribution is 5.80. The topological polar surface area (TPSA) is 69.2 Å². The summed E-state index contributed by atoms with van der Waals surface area (Å²) in [6, 6.07) is 5.89. The number of aryl methyl sites for hydroxylation is 2. The van der Waals surface area contributed by atoms with E-state index in [0.717, 1.165) is 22.5 Å². The number of aromatic nitrogens is 2. The van der Waals surface area contributed by atoms with Gasteiger partial charge in [0, 0.05) is 17.8 Å². The summed E-state index contributed by atoms with van der Waals surface area (Å²) in [4.78, 5) is 14.4. The van der Waals surface area contributed by atoms with Crippen LogP contribution in [0.2, 0.25) is 0 Å². The van der Waals surface area contributed by atoms with E-state index in [1.54, 1.807) is 17.0 Å². The maximum atomic E-state index is 13.1. The van der Waals surface area contributed by atoms with Crippen molar-refractivity contribution in [1.29, 1.82) is 0 Å². The lowest BCUT2D eigenvalue weighted by Crippen LogP contribution is -2.33. The van der Waals surface area contributed by atoms with Gasteiger partial charge in [-0.3, -0.25) is 9.89 Å². The largest absolute Gasteiger partial charge is 0.391 e. The van der Waals surface area contributed by atoms with Gasteiger partial charge in [0.05, 0.1) is 24.3 Å². The minimum atomic E-state index is -0.555. The molecule has 1 aromatic heterocycles. The zero-order chi connectivity index (χ0) is 16.6. The number of hydrogen-bond donors (Lipinski definition) is 2. The van der Waals surface area contributed by atoms with E-state index in [1.807, 2.05) is 13.8 Å². The number of likely N-dealkylation sites (tertiary alicyclic amines) is 1. The third-order valence-corrected chi connectivity index (χ3v) is 4.46. The van der Waals surface area contributed by atoms with Crippen molar-refractivity contribution in [3.05, 3.63) is 52.6 Å². The second-order valence-corrected chi connectivity index (χ2v) is 6.09. The Morgan fingerprint density at radius 3 is 2.70 bits per heavy atom. The lowest BCUT2D eigenvalue weighted by molar-refractivity contribution is -0.131. The lowest BCUT2D eigenvalue weighted by atomic mass is 10.0. The molecule has 3 rings (SSSR count). The first-order valence-corrected chi connectivity index (χ1v) is 7.69. The minimum absolute atomic E-state index is 0.0523. The van der Waals surface area contributed by atoms with Gasteiger partial charge in [0.2, 0.25) is 5.91 Å². The van der Waals surface area contributed by atoms with Crippen LogP contribution in [0, 0.1) is 19.7 Å². The van der Waals surface area contributed by atoms with Crippen LogP contribution in [0.25, 0.3) is 0 Å². The van der Waals surface area contributed by atoms with Gasteiger partial charge < -0.3 is 10.0 Å². The molecule has 2 atom stereocenters. The Balaban J connectivity index is 1.81. The van der Waals surface area contributed by atoms with Crippen molar-refractivity contribution in [2.24, 2.45) is 0 Å². The van der Waals surface area contributed by atoms with E-state index in [9.17, 15) is 14.3 Å². The zero-order valence-electron chi connectivity index (χ0n) is 13.2. The summed E-state index contributed by atoms with van der Waals surface area (Å²) in [5.41, 5.74) is 3.44. The summed E-state index contributed by atoms with van der Waals surface area (Å²) in [6.45, 7) is 4.05. The number of H-pyrrole nitrogens is 1. The smallest absolute Gasteiger partial charge is 0.227 e. The van der Waals surface area contributed by atoms with Crippen LogP contribution in [0.15, 0.2) is 24.3 Å². The van der Waals surface area contributed by atoms with Gasteiger partial charge >= 0.3 is 0 Å². The van der Waals surface area contributed by atoms with Crippen LogP contribution in [0.5, 0.6) is 0 Å². The molecular weight excluding hydrogens is 297 g/mol. The number of nitrogens with one attached hydrogen (secondary N) is 1. The predicted molar refractivity (Wildman–Crippen MR) is 83.2 cm³/mol. The molecule has 1 amide bonds. The average molecular weight is 317 g/mol. The Kier molecular flexibility index (Phi) is 4.17. The van der Waals surface area contributed by atoms with Crippen LogP contribution >= 0.6 is 0 Å². The number of hydrogen-bond acceptors (Lipinski definition) is 3. The van der Waals surface area contributed by atoms with Crippen LogP contribution in [-0.2, 0) is 11.2 Å². The third-order valence-electron chi connectivity index (χ3n) is 4.46. The zero-order valence-corrected chi connectivity index (χ0v) is 13.2. The van der Waals surface area contributed by atoms with Gasteiger partial charge in [-0.25, -0.2) is 4.39 Å². The SMILES string of the molecule is Cc1n[nH]c(C)c1CC(=O)N1C[C@@H](O)C[C@H]1c1ccc(F)cc1. The molecule has 0 bridgehead atoms. The molecule has 0 radical (unpaired) electrons. The number of nitrogens with zero attached hydrogens (tertiary/aromatic N) is 2. The number of amides is 1. The fourth-order valence-corrected chi connectivity index (χ4v) is 3.18. The molecular formula is C17H20FN3O2. The molecule has 23 heavy (non-hydrogen) atoms. The van der Waals surface area contributed by atoms with Crippen molar-refractivity contribution in [3.8, 4) is 0 Å². The molecule has 0 aliphatic carbocycles. The fraction of sp³-hybridized carbons (Fsp3) is 0.412. The molecule has 6 heteroatoms. The quantitative estimate of drug-likeness (QED) is 0.910. The molecule has 0 spiro atoms. The Morgan fingerprint density at radius 2 is 2.09 bits per heavy atom. The first kappa shape index (κ1) is 15.7. The molecule has 1 aromatic carbocycles. The molecule has 5 nitrogen and oxygen atoms in total. The van der Waals surface area contributed by atoms with Gasteiger partial charge in [-0.15, -0.1) is 0 Å². The standard InChI is InChI=1S/C17H20FN3O2/c1-10-15(11(2)20-19-10)8-17(23)21-9-14(22)7-16(21)12-3-5-13(18)6-4-12/h3-6,14,16,22H,7-9H2,1-2H3,(H,19,20)/t14-,16-/m0/s1. The van der Waals surface area contributed by atoms with Crippen molar-refractivity contribution in [2.45, 2.75) is 38.8 Å². The Morgan fingerprint density at radius 1 is 1.39 bits per heavy atom. The second-order valence-electron chi connectivity index (χ2n) is 6.09. The van der Waals surface area contributed by atoms with E-state index in [0.29, 0.717) is 13.0 Å². The maximum Gasteiger partial charge on any atom is 0.227 e. The van der Waals surface area contributed by atoms with Crippen LogP contribution in [-0.4, -0.2) is 38.8 Å². The van der Waals surface area contributed by atoms with Crippen LogP contribution in [0.4, 0.5) is 4.39 Å². The maximum absolute atomic E-state index is 13.1. The van der Waals surface area contributed by atoms with Gasteiger partial charge in [-0.05, 0) is 38.0 Å². The number of carbonyl (C=O) groups excluding carboxylic acids is 1. The number of aromatic amines is 1. The summed E-state index contributed by atoms with van der Waals surface area (Å²) in [7, 11) is 0. The normalized spacial score (nSPS) is 21.0. The van der Waals surface area contributed by atoms with Gasteiger partial charge in [0.25, 0.3) is 0 Å². The fourth-order valence-electron chi connectivity index (χ4n) is 3.18. The van der Waals surface area contributed by atoms with Gasteiger partial charge in [-0.2, -0.15) is 5.10 Å². The first-order valence-electron chi connectivity index (χ1n) is 7.69. The summed E-state index contributed by atoms with van der Waals surface area (Å²) in [5.74, 6) is -0.363. The second kappa shape index (κ2) is 6.12. The number of halogens is 1. The highest BCUT2D eigenvalue weighted by Crippen LogP contribution is 2.33. The van der Waals surface area contributed by atoms with Gasteiger partial charge in [0.15, 0.2) is 0 Å². The summed E-state index contributed by atoms with van der Waals surface area (Å²) >= 11 is 0. The highest BCUT2D eigenvalue weighted by Gasteiger charge is 2.35. The Labute approximate surface area is 134 Å². The molecule has 122 valence electrons. The molecule has 2 heterocycles. The lowest BCUT2D eigenvalue weighted by Gasteiger charge is -2.25. The van der Waals surface area contributed by atoms with Crippen molar-refractivity contribution in [3.63, 3.8) is 0 Å². The summed E-state index contributed by atoms with van der Waals surface area (Å²) < 4.78 is 13.1. The van der Waals surface area contributed by atoms with Crippen LogP contribution in [0.3, 0.4) is 0 Å². The number of benzene rings is 1. The number of β-amino-alcohol motifs (C(OH)–C–C–N with tert-alkyl or cyclic N) is 1. The molecule has 1 aliphatic rings. The molecule has 2 N–H and O–H groups in total. The minimum Gasteiger partial charge on any atom is -0.391 e. The first-order chi connectivity index (χ1) is 11.0. The van der Waals surface area contributed by atoms with Crippen molar-refractivity contribution >= 4 is 5.91 Å². The monoisotopic (exact) mass is 317 g/mol. The van der Waals surface area contributed by atoms with E-state index in [2.05, 4.69) is 10.2 Å². The number of rotatable bonds is 3.